The van der Waals surface area contributed by atoms with E-state index in [0.717, 1.165) is 22.7 Å². The van der Waals surface area contributed by atoms with Crippen molar-refractivity contribution in [1.29, 1.82) is 0 Å². The van der Waals surface area contributed by atoms with Crippen LogP contribution >= 0.6 is 23.4 Å². The Labute approximate surface area is 145 Å². The number of carbonyl (C=O) groups is 2. The van der Waals surface area contributed by atoms with Gasteiger partial charge < -0.3 is 10.4 Å². The van der Waals surface area contributed by atoms with E-state index in [9.17, 15) is 9.59 Å². The maximum Gasteiger partial charge on any atom is 0.305 e. The van der Waals surface area contributed by atoms with Crippen molar-refractivity contribution in [1.82, 2.24) is 10.3 Å². The average molecular weight is 363 g/mol. The molecule has 0 radical (unpaired) electrons. The summed E-state index contributed by atoms with van der Waals surface area (Å²) >= 11 is 7.12. The molecule has 2 N–H and O–H groups in total. The molecule has 1 saturated heterocycles. The maximum atomic E-state index is 11.6. The normalized spacial score (nSPS) is 19.3. The molecule has 1 aliphatic rings. The molecule has 122 valence electrons. The Balaban J connectivity index is 1.80. The number of amidine groups is 1. The summed E-state index contributed by atoms with van der Waals surface area (Å²) in [5.41, 5.74) is 1.43. The molecule has 3 rings (SSSR count). The van der Waals surface area contributed by atoms with Gasteiger partial charge in [-0.2, -0.15) is 5.10 Å². The number of aromatic nitrogens is 1. The van der Waals surface area contributed by atoms with Crippen molar-refractivity contribution >= 4 is 57.5 Å². The molecule has 2 aromatic rings. The Kier molecular flexibility index (Phi) is 4.77. The lowest BCUT2D eigenvalue weighted by molar-refractivity contribution is -0.138. The third-order valence-corrected chi connectivity index (χ3v) is 4.47. The van der Waals surface area contributed by atoms with Crippen molar-refractivity contribution in [2.45, 2.75) is 11.7 Å². The van der Waals surface area contributed by atoms with Gasteiger partial charge in [0.2, 0.25) is 5.91 Å². The van der Waals surface area contributed by atoms with E-state index in [2.05, 4.69) is 20.5 Å². The van der Waals surface area contributed by atoms with E-state index in [0.29, 0.717) is 10.6 Å². The molecule has 1 unspecified atom stereocenters. The largest absolute Gasteiger partial charge is 0.481 e. The Morgan fingerprint density at radius 3 is 3.12 bits per heavy atom. The number of carbonyl (C=O) groups excluding carboxylic acids is 1. The number of thioether (sulfide) groups is 1. The first-order chi connectivity index (χ1) is 11.5. The number of rotatable bonds is 4. The highest BCUT2D eigenvalue weighted by molar-refractivity contribution is 8.15. The van der Waals surface area contributed by atoms with Crippen molar-refractivity contribution in [2.24, 2.45) is 10.2 Å². The first-order valence-corrected chi connectivity index (χ1v) is 8.13. The van der Waals surface area contributed by atoms with Crippen molar-refractivity contribution in [3.8, 4) is 0 Å². The molecular weight excluding hydrogens is 352 g/mol. The van der Waals surface area contributed by atoms with Crippen molar-refractivity contribution in [3.05, 3.63) is 41.0 Å². The molecule has 0 spiro atoms. The minimum absolute atomic E-state index is 0.262. The van der Waals surface area contributed by atoms with Gasteiger partial charge in [-0.25, -0.2) is 0 Å². The molecule has 1 aliphatic heterocycles. The summed E-state index contributed by atoms with van der Waals surface area (Å²) in [4.78, 5) is 26.6. The van der Waals surface area contributed by atoms with Gasteiger partial charge >= 0.3 is 5.97 Å². The van der Waals surface area contributed by atoms with Gasteiger partial charge in [0, 0.05) is 22.2 Å². The zero-order chi connectivity index (χ0) is 17.1. The lowest BCUT2D eigenvalue weighted by Crippen LogP contribution is -2.26. The predicted octanol–water partition coefficient (Wildman–Crippen LogP) is 2.28. The Morgan fingerprint density at radius 1 is 1.50 bits per heavy atom. The van der Waals surface area contributed by atoms with Crippen LogP contribution in [0.15, 0.2) is 40.7 Å². The van der Waals surface area contributed by atoms with E-state index in [1.807, 2.05) is 12.1 Å². The number of hydrogen-bond donors (Lipinski definition) is 2. The van der Waals surface area contributed by atoms with Crippen LogP contribution in [0.5, 0.6) is 0 Å². The SMILES string of the molecule is O=C(O)CC1SC(=NN=Cc2cc(Cl)cc3cccnc23)NC1=O. The topological polar surface area (TPSA) is 104 Å². The van der Waals surface area contributed by atoms with Gasteiger partial charge in [0.15, 0.2) is 5.17 Å². The third-order valence-electron chi connectivity index (χ3n) is 3.18. The first kappa shape index (κ1) is 16.4. The summed E-state index contributed by atoms with van der Waals surface area (Å²) in [6.07, 6.45) is 2.90. The molecule has 24 heavy (non-hydrogen) atoms. The van der Waals surface area contributed by atoms with Gasteiger partial charge in [-0.05, 0) is 18.2 Å². The molecule has 0 saturated carbocycles. The Morgan fingerprint density at radius 2 is 2.33 bits per heavy atom. The highest BCUT2D eigenvalue weighted by atomic mass is 35.5. The van der Waals surface area contributed by atoms with Crippen LogP contribution in [0.4, 0.5) is 0 Å². The molecule has 7 nitrogen and oxygen atoms in total. The van der Waals surface area contributed by atoms with Crippen LogP contribution in [0, 0.1) is 0 Å². The van der Waals surface area contributed by atoms with Crippen LogP contribution in [0.25, 0.3) is 10.9 Å². The quantitative estimate of drug-likeness (QED) is 0.641. The van der Waals surface area contributed by atoms with E-state index in [1.165, 1.54) is 6.21 Å². The number of nitrogens with one attached hydrogen (secondary N) is 1. The van der Waals surface area contributed by atoms with Gasteiger partial charge in [0.1, 0.15) is 5.25 Å². The van der Waals surface area contributed by atoms with Crippen LogP contribution in [0.1, 0.15) is 12.0 Å². The number of pyridine rings is 1. The van der Waals surface area contributed by atoms with Gasteiger partial charge in [0.25, 0.3) is 0 Å². The van der Waals surface area contributed by atoms with E-state index in [4.69, 9.17) is 16.7 Å². The summed E-state index contributed by atoms with van der Waals surface area (Å²) in [6, 6.07) is 7.22. The fraction of sp³-hybridized carbons (Fsp3) is 0.133. The lowest BCUT2D eigenvalue weighted by atomic mass is 10.1. The second kappa shape index (κ2) is 6.98. The number of carboxylic acids is 1. The fourth-order valence-corrected chi connectivity index (χ4v) is 3.32. The smallest absolute Gasteiger partial charge is 0.305 e. The van der Waals surface area contributed by atoms with E-state index < -0.39 is 11.2 Å². The van der Waals surface area contributed by atoms with Crippen LogP contribution in [-0.2, 0) is 9.59 Å². The standard InChI is InChI=1S/C15H11ClN4O3S/c16-10-4-8-2-1-3-17-13(8)9(5-10)7-18-20-15-19-14(23)11(24-15)6-12(21)22/h1-5,7,11H,6H2,(H,21,22)(H,19,20,23). The van der Waals surface area contributed by atoms with Crippen molar-refractivity contribution in [2.75, 3.05) is 0 Å². The number of nitrogens with zero attached hydrogens (tertiary/aromatic N) is 3. The molecule has 1 fully saturated rings. The third kappa shape index (κ3) is 3.72. The monoisotopic (exact) mass is 362 g/mol. The van der Waals surface area contributed by atoms with Gasteiger partial charge in [0.05, 0.1) is 18.2 Å². The molecule has 9 heteroatoms. The molecule has 2 heterocycles. The van der Waals surface area contributed by atoms with Crippen LogP contribution in [0.2, 0.25) is 5.02 Å². The second-order valence-electron chi connectivity index (χ2n) is 4.91. The van der Waals surface area contributed by atoms with E-state index >= 15 is 0 Å². The number of aliphatic carboxylic acids is 1. The molecule has 1 amide bonds. The number of fused-ring (bicyclic) bond motifs is 1. The number of benzene rings is 1. The van der Waals surface area contributed by atoms with Crippen LogP contribution < -0.4 is 5.32 Å². The Hall–Kier alpha value is -2.45. The first-order valence-electron chi connectivity index (χ1n) is 6.87. The summed E-state index contributed by atoms with van der Waals surface area (Å²) in [5, 5.41) is 20.1. The lowest BCUT2D eigenvalue weighted by Gasteiger charge is -2.01. The van der Waals surface area contributed by atoms with Crippen LogP contribution in [0.3, 0.4) is 0 Å². The van der Waals surface area contributed by atoms with E-state index in [1.54, 1.807) is 18.3 Å². The second-order valence-corrected chi connectivity index (χ2v) is 6.54. The molecule has 1 atom stereocenters. The molecule has 0 aliphatic carbocycles. The number of carboxylic acid groups (broad SMARTS) is 1. The summed E-state index contributed by atoms with van der Waals surface area (Å²) in [6.45, 7) is 0. The summed E-state index contributed by atoms with van der Waals surface area (Å²) in [5.74, 6) is -1.42. The number of amides is 1. The maximum absolute atomic E-state index is 11.6. The molecule has 1 aromatic heterocycles. The van der Waals surface area contributed by atoms with Gasteiger partial charge in [-0.3, -0.25) is 14.6 Å². The Bertz CT molecular complexity index is 884. The number of hydrogen-bond acceptors (Lipinski definition) is 6. The zero-order valence-electron chi connectivity index (χ0n) is 12.1. The predicted molar refractivity (Wildman–Crippen MR) is 93.6 cm³/mol. The van der Waals surface area contributed by atoms with Gasteiger partial charge in [-0.1, -0.05) is 29.4 Å². The minimum Gasteiger partial charge on any atom is -0.481 e. The number of halogens is 1. The van der Waals surface area contributed by atoms with Crippen molar-refractivity contribution < 1.29 is 14.7 Å². The fourth-order valence-electron chi connectivity index (χ4n) is 2.17. The van der Waals surface area contributed by atoms with Crippen LogP contribution in [-0.4, -0.2) is 38.6 Å². The van der Waals surface area contributed by atoms with Crippen molar-refractivity contribution in [3.63, 3.8) is 0 Å². The van der Waals surface area contributed by atoms with E-state index in [-0.39, 0.29) is 17.5 Å². The minimum atomic E-state index is -1.04. The zero-order valence-corrected chi connectivity index (χ0v) is 13.7. The van der Waals surface area contributed by atoms with Gasteiger partial charge in [-0.15, -0.1) is 5.10 Å². The highest BCUT2D eigenvalue weighted by Gasteiger charge is 2.32. The molecule has 1 aromatic carbocycles. The molecular formula is C15H11ClN4O3S. The highest BCUT2D eigenvalue weighted by Crippen LogP contribution is 2.23. The molecule has 0 bridgehead atoms. The summed E-state index contributed by atoms with van der Waals surface area (Å²) in [7, 11) is 0. The average Bonchev–Trinajstić information content (AvgIpc) is 2.86. The summed E-state index contributed by atoms with van der Waals surface area (Å²) < 4.78 is 0.